The highest BCUT2D eigenvalue weighted by Gasteiger charge is 2.58. The first-order chi connectivity index (χ1) is 5.86. The van der Waals surface area contributed by atoms with Crippen LogP contribution in [0.3, 0.4) is 0 Å². The van der Waals surface area contributed by atoms with Crippen molar-refractivity contribution in [2.75, 3.05) is 13.7 Å². The van der Waals surface area contributed by atoms with Crippen LogP contribution in [-0.2, 0) is 14.2 Å². The third-order valence-corrected chi connectivity index (χ3v) is 2.06. The van der Waals surface area contributed by atoms with Gasteiger partial charge in [0.1, 0.15) is 12.2 Å². The van der Waals surface area contributed by atoms with Crippen LogP contribution in [0.4, 0.5) is 0 Å². The molecule has 6 nitrogen and oxygen atoms in total. The summed E-state index contributed by atoms with van der Waals surface area (Å²) in [6, 6.07) is 0. The van der Waals surface area contributed by atoms with Crippen LogP contribution in [0.15, 0.2) is 5.11 Å². The standard InChI is InChI=1S/C6H9N3O3/c1-10-6-5-4(12-5)3(11-6)2-8-9-7/h3-6H,2H2,1H3/t3-,4-,5-,6+/m0/s1. The summed E-state index contributed by atoms with van der Waals surface area (Å²) in [5, 5.41) is 3.42. The molecule has 12 heavy (non-hydrogen) atoms. The maximum atomic E-state index is 8.08. The van der Waals surface area contributed by atoms with E-state index in [-0.39, 0.29) is 24.6 Å². The molecule has 0 radical (unpaired) electrons. The van der Waals surface area contributed by atoms with E-state index in [9.17, 15) is 0 Å². The molecule has 0 amide bonds. The van der Waals surface area contributed by atoms with Crippen molar-refractivity contribution in [1.82, 2.24) is 0 Å². The zero-order valence-corrected chi connectivity index (χ0v) is 6.58. The monoisotopic (exact) mass is 171 g/mol. The summed E-state index contributed by atoms with van der Waals surface area (Å²) in [5.41, 5.74) is 8.08. The van der Waals surface area contributed by atoms with Crippen LogP contribution in [-0.4, -0.2) is 38.3 Å². The van der Waals surface area contributed by atoms with Gasteiger partial charge in [-0.3, -0.25) is 0 Å². The molecule has 0 saturated carbocycles. The summed E-state index contributed by atoms with van der Waals surface area (Å²) >= 11 is 0. The predicted molar refractivity (Wildman–Crippen MR) is 38.3 cm³/mol. The number of rotatable bonds is 3. The Kier molecular flexibility index (Phi) is 1.90. The summed E-state index contributed by atoms with van der Waals surface area (Å²) in [5.74, 6) is 0. The summed E-state index contributed by atoms with van der Waals surface area (Å²) in [6.07, 6.45) is -0.293. The molecule has 4 atom stereocenters. The number of hydrogen-bond acceptors (Lipinski definition) is 4. The third-order valence-electron chi connectivity index (χ3n) is 2.06. The molecule has 0 aliphatic carbocycles. The summed E-state index contributed by atoms with van der Waals surface area (Å²) in [7, 11) is 1.57. The summed E-state index contributed by atoms with van der Waals surface area (Å²) in [4.78, 5) is 2.65. The molecule has 2 fully saturated rings. The largest absolute Gasteiger partial charge is 0.361 e. The highest BCUT2D eigenvalue weighted by Crippen LogP contribution is 2.39. The van der Waals surface area contributed by atoms with Crippen LogP contribution >= 0.6 is 0 Å². The van der Waals surface area contributed by atoms with E-state index in [0.29, 0.717) is 6.54 Å². The van der Waals surface area contributed by atoms with E-state index in [1.54, 1.807) is 7.11 Å². The normalized spacial score (nSPS) is 43.4. The summed E-state index contributed by atoms with van der Waals surface area (Å²) in [6.45, 7) is 0.317. The molecule has 0 unspecified atom stereocenters. The molecule has 0 spiro atoms. The molecule has 2 rings (SSSR count). The highest BCUT2D eigenvalue weighted by molar-refractivity contribution is 5.00. The lowest BCUT2D eigenvalue weighted by Gasteiger charge is -2.13. The maximum Gasteiger partial charge on any atom is 0.186 e. The SMILES string of the molecule is CO[C@@H]1O[C@@H](CN=[N+]=[N-])[C@@H]2O[C@H]12. The number of nitrogens with zero attached hydrogens (tertiary/aromatic N) is 3. The fraction of sp³-hybridized carbons (Fsp3) is 1.00. The van der Waals surface area contributed by atoms with E-state index in [1.165, 1.54) is 0 Å². The van der Waals surface area contributed by atoms with Gasteiger partial charge in [0.05, 0.1) is 12.6 Å². The van der Waals surface area contributed by atoms with E-state index < -0.39 is 0 Å². The second-order valence-electron chi connectivity index (χ2n) is 2.76. The zero-order chi connectivity index (χ0) is 8.55. The maximum absolute atomic E-state index is 8.08. The first-order valence-corrected chi connectivity index (χ1v) is 3.71. The Labute approximate surface area is 69.0 Å². The fourth-order valence-corrected chi connectivity index (χ4v) is 1.44. The Morgan fingerprint density at radius 2 is 2.33 bits per heavy atom. The molecular formula is C6H9N3O3. The van der Waals surface area contributed by atoms with Gasteiger partial charge in [0, 0.05) is 12.0 Å². The van der Waals surface area contributed by atoms with E-state index in [0.717, 1.165) is 0 Å². The second-order valence-corrected chi connectivity index (χ2v) is 2.76. The molecule has 2 aliphatic heterocycles. The number of hydrogen-bond donors (Lipinski definition) is 0. The Morgan fingerprint density at radius 3 is 2.92 bits per heavy atom. The van der Waals surface area contributed by atoms with Gasteiger partial charge in [-0.25, -0.2) is 0 Å². The van der Waals surface area contributed by atoms with Gasteiger partial charge in [-0.15, -0.1) is 0 Å². The average molecular weight is 171 g/mol. The molecule has 2 heterocycles. The third kappa shape index (κ3) is 1.15. The molecule has 2 aliphatic rings. The predicted octanol–water partition coefficient (Wildman–Crippen LogP) is 0.435. The molecule has 0 aromatic rings. The van der Waals surface area contributed by atoms with Gasteiger partial charge in [-0.1, -0.05) is 5.11 Å². The number of fused-ring (bicyclic) bond motifs is 1. The van der Waals surface area contributed by atoms with Crippen LogP contribution in [0.5, 0.6) is 0 Å². The Morgan fingerprint density at radius 1 is 1.50 bits per heavy atom. The van der Waals surface area contributed by atoms with Crippen LogP contribution < -0.4 is 0 Å². The van der Waals surface area contributed by atoms with E-state index >= 15 is 0 Å². The number of ether oxygens (including phenoxy) is 3. The molecule has 0 bridgehead atoms. The molecule has 0 aromatic carbocycles. The second kappa shape index (κ2) is 2.91. The van der Waals surface area contributed by atoms with Gasteiger partial charge in [0.25, 0.3) is 0 Å². The lowest BCUT2D eigenvalue weighted by Crippen LogP contribution is -2.23. The molecular weight excluding hydrogens is 162 g/mol. The van der Waals surface area contributed by atoms with E-state index in [2.05, 4.69) is 10.0 Å². The number of epoxide rings is 1. The lowest BCUT2D eigenvalue weighted by molar-refractivity contribution is -0.155. The molecule has 0 N–H and O–H groups in total. The van der Waals surface area contributed by atoms with Gasteiger partial charge < -0.3 is 14.2 Å². The van der Waals surface area contributed by atoms with Crippen molar-refractivity contribution in [3.05, 3.63) is 10.4 Å². The highest BCUT2D eigenvalue weighted by atomic mass is 16.8. The van der Waals surface area contributed by atoms with Gasteiger partial charge in [0.2, 0.25) is 0 Å². The molecule has 6 heteroatoms. The first-order valence-electron chi connectivity index (χ1n) is 3.71. The quantitative estimate of drug-likeness (QED) is 0.267. The Bertz CT molecular complexity index is 228. The van der Waals surface area contributed by atoms with Gasteiger partial charge in [-0.05, 0) is 5.53 Å². The average Bonchev–Trinajstić information content (AvgIpc) is 2.80. The van der Waals surface area contributed by atoms with Crippen molar-refractivity contribution in [3.8, 4) is 0 Å². The van der Waals surface area contributed by atoms with Gasteiger partial charge >= 0.3 is 0 Å². The minimum atomic E-state index is -0.283. The van der Waals surface area contributed by atoms with Crippen molar-refractivity contribution in [2.24, 2.45) is 5.11 Å². The van der Waals surface area contributed by atoms with E-state index in [1.807, 2.05) is 0 Å². The van der Waals surface area contributed by atoms with E-state index in [4.69, 9.17) is 19.7 Å². The van der Waals surface area contributed by atoms with Crippen molar-refractivity contribution in [2.45, 2.75) is 24.6 Å². The smallest absolute Gasteiger partial charge is 0.186 e. The topological polar surface area (TPSA) is 79.8 Å². The van der Waals surface area contributed by atoms with Crippen LogP contribution in [0.25, 0.3) is 10.4 Å². The van der Waals surface area contributed by atoms with Crippen molar-refractivity contribution in [1.29, 1.82) is 0 Å². The molecule has 2 saturated heterocycles. The number of methoxy groups -OCH3 is 1. The van der Waals surface area contributed by atoms with Gasteiger partial charge in [-0.2, -0.15) is 0 Å². The van der Waals surface area contributed by atoms with Crippen molar-refractivity contribution in [3.63, 3.8) is 0 Å². The van der Waals surface area contributed by atoms with Crippen LogP contribution in [0.2, 0.25) is 0 Å². The van der Waals surface area contributed by atoms with Crippen molar-refractivity contribution < 1.29 is 14.2 Å². The van der Waals surface area contributed by atoms with Crippen LogP contribution in [0, 0.1) is 0 Å². The van der Waals surface area contributed by atoms with Gasteiger partial charge in [0.15, 0.2) is 6.29 Å². The minimum Gasteiger partial charge on any atom is -0.361 e. The molecule has 66 valence electrons. The zero-order valence-electron chi connectivity index (χ0n) is 6.58. The Hall–Kier alpha value is -0.810. The lowest BCUT2D eigenvalue weighted by atomic mass is 10.2. The molecule has 0 aromatic heterocycles. The van der Waals surface area contributed by atoms with Crippen LogP contribution in [0.1, 0.15) is 0 Å². The van der Waals surface area contributed by atoms with Crippen molar-refractivity contribution >= 4 is 0 Å². The Balaban J connectivity index is 1.90. The number of azide groups is 1. The fourth-order valence-electron chi connectivity index (χ4n) is 1.44. The first kappa shape index (κ1) is 7.82. The summed E-state index contributed by atoms with van der Waals surface area (Å²) < 4.78 is 15.6. The minimum absolute atomic E-state index is 0.0499.